The number of nitrogens with one attached hydrogen (secondary N) is 4. The van der Waals surface area contributed by atoms with Crippen LogP contribution >= 0.6 is 0 Å². The van der Waals surface area contributed by atoms with Gasteiger partial charge in [-0.2, -0.15) is 0 Å². The van der Waals surface area contributed by atoms with Gasteiger partial charge in [-0.25, -0.2) is 23.4 Å². The van der Waals surface area contributed by atoms with Gasteiger partial charge in [0, 0.05) is 30.4 Å². The molecule has 14 nitrogen and oxygen atoms in total. The number of hydrogen-bond donors (Lipinski definition) is 5. The number of sulfonamides is 1. The number of hydrogen-bond acceptors (Lipinski definition) is 10. The average Bonchev–Trinajstić information content (AvgIpc) is 2.93. The molecular weight excluding hydrogens is 1130 g/mol. The van der Waals surface area contributed by atoms with Crippen molar-refractivity contribution in [3.63, 3.8) is 0 Å². The first-order valence-electron chi connectivity index (χ1n) is 30.2. The third-order valence-corrected chi connectivity index (χ3v) is 15.7. The normalized spacial score (nSPS) is 11.6. The van der Waals surface area contributed by atoms with Crippen molar-refractivity contribution >= 4 is 54.6 Å². The van der Waals surface area contributed by atoms with E-state index in [-0.39, 0.29) is 5.78 Å². The molecule has 0 aliphatic carbocycles. The number of H-pyrrole nitrogens is 3. The molecule has 9 aromatic carbocycles. The second-order valence-electron chi connectivity index (χ2n) is 21.8. The molecule has 0 aliphatic heterocycles. The van der Waals surface area contributed by atoms with Crippen LogP contribution in [0.15, 0.2) is 200 Å². The van der Waals surface area contributed by atoms with Gasteiger partial charge in [-0.1, -0.05) is 121 Å². The predicted molar refractivity (Wildman–Crippen MR) is 359 cm³/mol. The Hall–Kier alpha value is -9.83. The summed E-state index contributed by atoms with van der Waals surface area (Å²) >= 11 is 0. The van der Waals surface area contributed by atoms with Crippen molar-refractivity contribution in [3.8, 4) is 50.6 Å². The minimum atomic E-state index is -3.36. The number of Topliss-reactive ketones (excluding diaryl/α,β-unsaturated/α-hetero) is 1. The molecule has 1 unspecified atom stereocenters. The quantitative estimate of drug-likeness (QED) is 0.0407. The van der Waals surface area contributed by atoms with Gasteiger partial charge in [0.25, 0.3) is 0 Å². The Labute approximate surface area is 520 Å². The fraction of sp³-hybridized carbons (Fsp3) is 0.216. The third kappa shape index (κ3) is 16.6. The van der Waals surface area contributed by atoms with E-state index >= 15 is 0 Å². The molecule has 0 saturated carbocycles. The Kier molecular flexibility index (Phi) is 20.4. The van der Waals surface area contributed by atoms with E-state index in [0.717, 1.165) is 157 Å². The molecule has 0 spiro atoms. The standard InChI is InChI=1S/C25H26N2O2.C25H24N2O2.C24H25N3O3S/c2*1-3-29-20-12-8-18(9-13-20)10-15-25-26-23-14-11-19(16-24(23)27-25)22-7-5-4-6-21(22)17(2)28;1-3-30-19-12-8-17(9-13-19)10-15-24-25-22-14-11-18(16-23(22)26-24)20-6-4-5-7-21(20)27-31(2,28)29/h4-9,11-14,16-17,28H,3,10,15H2,1-2H3,(H,26,27);4-9,11-14,16H,3,10,15H2,1-2H3,(H,26,27);4-9,11-14,16,27H,3,10,15H2,1-2H3,(H,25,26). The fourth-order valence-electron chi connectivity index (χ4n) is 10.8. The number of nitrogens with zero attached hydrogens (tertiary/aromatic N) is 3. The lowest BCUT2D eigenvalue weighted by Crippen LogP contribution is -2.10. The smallest absolute Gasteiger partial charge is 0.229 e. The zero-order chi connectivity index (χ0) is 62.3. The number of aliphatic hydroxyl groups excluding tert-OH is 1. The van der Waals surface area contributed by atoms with Crippen LogP contribution in [-0.4, -0.2) is 75.3 Å². The van der Waals surface area contributed by atoms with Crippen LogP contribution in [0.5, 0.6) is 17.2 Å². The molecule has 89 heavy (non-hydrogen) atoms. The Balaban J connectivity index is 0.000000147. The summed E-state index contributed by atoms with van der Waals surface area (Å²) in [6, 6.07) is 65.9. The number of anilines is 1. The molecular formula is C74H75N7O7S. The molecule has 12 rings (SSSR count). The third-order valence-electron chi connectivity index (χ3n) is 15.1. The molecule has 5 N–H and O–H groups in total. The Morgan fingerprint density at radius 3 is 1.22 bits per heavy atom. The van der Waals surface area contributed by atoms with Crippen molar-refractivity contribution in [2.75, 3.05) is 30.8 Å². The van der Waals surface area contributed by atoms with Gasteiger partial charge in [-0.05, 0) is 183 Å². The second kappa shape index (κ2) is 29.2. The summed E-state index contributed by atoms with van der Waals surface area (Å²) in [5.41, 5.74) is 17.5. The van der Waals surface area contributed by atoms with Crippen LogP contribution in [0.3, 0.4) is 0 Å². The highest BCUT2D eigenvalue weighted by Crippen LogP contribution is 2.33. The lowest BCUT2D eigenvalue weighted by atomic mass is 9.96. The predicted octanol–water partition coefficient (Wildman–Crippen LogP) is 15.9. The van der Waals surface area contributed by atoms with Crippen LogP contribution in [0.2, 0.25) is 0 Å². The van der Waals surface area contributed by atoms with E-state index in [9.17, 15) is 18.3 Å². The molecule has 0 bridgehead atoms. The van der Waals surface area contributed by atoms with Gasteiger partial charge in [0.15, 0.2) is 5.78 Å². The van der Waals surface area contributed by atoms with Gasteiger partial charge in [-0.15, -0.1) is 0 Å². The minimum absolute atomic E-state index is 0.0707. The molecule has 0 fully saturated rings. The van der Waals surface area contributed by atoms with E-state index in [2.05, 4.69) is 74.3 Å². The zero-order valence-electron chi connectivity index (χ0n) is 51.1. The molecule has 0 aliphatic rings. The molecule has 1 atom stereocenters. The van der Waals surface area contributed by atoms with E-state index in [4.69, 9.17) is 29.2 Å². The van der Waals surface area contributed by atoms with Gasteiger partial charge in [0.1, 0.15) is 34.7 Å². The van der Waals surface area contributed by atoms with Crippen LogP contribution in [0.25, 0.3) is 66.5 Å². The van der Waals surface area contributed by atoms with E-state index in [1.54, 1.807) is 19.9 Å². The maximum Gasteiger partial charge on any atom is 0.229 e. The van der Waals surface area contributed by atoms with Gasteiger partial charge >= 0.3 is 0 Å². The first kappa shape index (κ1) is 62.2. The van der Waals surface area contributed by atoms with Crippen molar-refractivity contribution in [1.82, 2.24) is 29.9 Å². The first-order chi connectivity index (χ1) is 43.2. The number of fused-ring (bicyclic) bond motifs is 3. The Morgan fingerprint density at radius 2 is 0.831 bits per heavy atom. The molecule has 15 heteroatoms. The summed E-state index contributed by atoms with van der Waals surface area (Å²) in [4.78, 5) is 36.4. The van der Waals surface area contributed by atoms with E-state index in [1.807, 2.05) is 160 Å². The number of rotatable bonds is 22. The molecule has 454 valence electrons. The van der Waals surface area contributed by atoms with E-state index in [1.165, 1.54) is 16.7 Å². The Bertz CT molecular complexity index is 4440. The summed E-state index contributed by atoms with van der Waals surface area (Å²) in [5.74, 6) is 5.63. The van der Waals surface area contributed by atoms with Gasteiger partial charge in [-0.3, -0.25) is 9.52 Å². The van der Waals surface area contributed by atoms with Crippen LogP contribution in [0, 0.1) is 0 Å². The number of carbonyl (C=O) groups is 1. The number of benzene rings is 9. The zero-order valence-corrected chi connectivity index (χ0v) is 52.0. The highest BCUT2D eigenvalue weighted by atomic mass is 32.2. The largest absolute Gasteiger partial charge is 0.494 e. The SMILES string of the molecule is CCOc1ccc(CCc2nc3ccc(-c4ccccc4C(C)=O)cc3[nH]2)cc1.CCOc1ccc(CCc2nc3ccc(-c4ccccc4C(C)O)cc3[nH]2)cc1.CCOc1ccc(CCc2nc3ccc(-c4ccccc4NS(C)(=O)=O)cc3[nH]2)cc1. The van der Waals surface area contributed by atoms with Gasteiger partial charge < -0.3 is 34.3 Å². The van der Waals surface area contributed by atoms with Gasteiger partial charge in [0.05, 0.1) is 71.0 Å². The van der Waals surface area contributed by atoms with Crippen LogP contribution in [0.1, 0.15) is 90.8 Å². The number of aryl methyl sites for hydroxylation is 6. The van der Waals surface area contributed by atoms with Crippen LogP contribution in [0.4, 0.5) is 5.69 Å². The molecule has 3 aromatic heterocycles. The summed E-state index contributed by atoms with van der Waals surface area (Å²) in [7, 11) is -3.36. The molecule has 3 heterocycles. The highest BCUT2D eigenvalue weighted by Gasteiger charge is 2.15. The second-order valence-corrected chi connectivity index (χ2v) is 23.5. The number of imidazole rings is 3. The van der Waals surface area contributed by atoms with Crippen molar-refractivity contribution in [2.24, 2.45) is 0 Å². The van der Waals surface area contributed by atoms with Crippen molar-refractivity contribution in [2.45, 2.75) is 79.2 Å². The molecule has 12 aromatic rings. The molecule has 0 radical (unpaired) electrons. The number of carbonyl (C=O) groups excluding carboxylic acids is 1. The number of para-hydroxylation sites is 1. The van der Waals surface area contributed by atoms with Crippen LogP contribution in [-0.2, 0) is 48.5 Å². The highest BCUT2D eigenvalue weighted by molar-refractivity contribution is 7.92. The lowest BCUT2D eigenvalue weighted by molar-refractivity contribution is 0.101. The number of aromatic amines is 3. The summed E-state index contributed by atoms with van der Waals surface area (Å²) < 4.78 is 42.5. The first-order valence-corrected chi connectivity index (χ1v) is 32.1. The monoisotopic (exact) mass is 1210 g/mol. The Morgan fingerprint density at radius 1 is 0.472 bits per heavy atom. The topological polar surface area (TPSA) is 197 Å². The van der Waals surface area contributed by atoms with Crippen molar-refractivity contribution in [1.29, 1.82) is 0 Å². The number of aliphatic hydroxyl groups is 1. The maximum atomic E-state index is 12.0. The van der Waals surface area contributed by atoms with E-state index in [0.29, 0.717) is 25.5 Å². The molecule has 0 saturated heterocycles. The number of ether oxygens (including phenoxy) is 3. The minimum Gasteiger partial charge on any atom is -0.494 e. The summed E-state index contributed by atoms with van der Waals surface area (Å²) in [5, 5.41) is 10.1. The van der Waals surface area contributed by atoms with Crippen molar-refractivity contribution in [3.05, 3.63) is 245 Å². The summed E-state index contributed by atoms with van der Waals surface area (Å²) in [6.07, 6.45) is 5.83. The number of aromatic nitrogens is 6. The van der Waals surface area contributed by atoms with Crippen LogP contribution < -0.4 is 18.9 Å². The maximum absolute atomic E-state index is 12.0. The summed E-state index contributed by atoms with van der Waals surface area (Å²) in [6.45, 7) is 11.4. The lowest BCUT2D eigenvalue weighted by Gasteiger charge is -2.11. The molecule has 0 amide bonds. The van der Waals surface area contributed by atoms with E-state index < -0.39 is 16.1 Å². The fourth-order valence-corrected chi connectivity index (χ4v) is 11.4. The van der Waals surface area contributed by atoms with Crippen molar-refractivity contribution < 1.29 is 32.5 Å². The van der Waals surface area contributed by atoms with Gasteiger partial charge in [0.2, 0.25) is 10.0 Å². The average molecular weight is 1210 g/mol. The number of ketones is 1.